The number of thiazole rings is 1. The van der Waals surface area contributed by atoms with E-state index in [2.05, 4.69) is 4.98 Å². The van der Waals surface area contributed by atoms with Crippen LogP contribution in [0.15, 0.2) is 66.7 Å². The summed E-state index contributed by atoms with van der Waals surface area (Å²) in [7, 11) is 1.40. The number of hydrogen-bond acceptors (Lipinski definition) is 5. The number of hydrogen-bond donors (Lipinski definition) is 0. The quantitative estimate of drug-likeness (QED) is 0.422. The Morgan fingerprint density at radius 3 is 2.64 bits per heavy atom. The number of carbonyl (C=O) groups excluding carboxylic acids is 1. The van der Waals surface area contributed by atoms with Crippen molar-refractivity contribution in [1.82, 2.24) is 4.98 Å². The molecule has 0 atom stereocenters. The summed E-state index contributed by atoms with van der Waals surface area (Å²) in [5, 5.41) is 0.754. The van der Waals surface area contributed by atoms with Gasteiger partial charge in [-0.1, -0.05) is 36.4 Å². The Morgan fingerprint density at radius 2 is 1.86 bits per heavy atom. The molecule has 6 heteroatoms. The van der Waals surface area contributed by atoms with Crippen molar-refractivity contribution in [2.45, 2.75) is 6.61 Å². The van der Waals surface area contributed by atoms with Gasteiger partial charge in [0.05, 0.1) is 22.9 Å². The number of ether oxygens (including phenoxy) is 2. The highest BCUT2D eigenvalue weighted by atomic mass is 32.1. The lowest BCUT2D eigenvalue weighted by Crippen LogP contribution is -2.07. The van der Waals surface area contributed by atoms with Gasteiger partial charge in [-0.3, -0.25) is 0 Å². The van der Waals surface area contributed by atoms with Gasteiger partial charge in [0, 0.05) is 5.56 Å². The van der Waals surface area contributed by atoms with Crippen LogP contribution in [0, 0.1) is 5.82 Å². The van der Waals surface area contributed by atoms with Crippen LogP contribution in [0.2, 0.25) is 0 Å². The molecule has 0 unspecified atom stereocenters. The van der Waals surface area contributed by atoms with Crippen LogP contribution in [-0.2, 0) is 11.3 Å². The molecular formula is C22H16FNO3S. The highest BCUT2D eigenvalue weighted by molar-refractivity contribution is 7.21. The molecule has 0 radical (unpaired) electrons. The third-order valence-corrected chi connectivity index (χ3v) is 5.33. The number of benzene rings is 3. The van der Waals surface area contributed by atoms with E-state index in [9.17, 15) is 9.18 Å². The zero-order chi connectivity index (χ0) is 19.5. The number of rotatable bonds is 5. The second kappa shape index (κ2) is 7.78. The zero-order valence-electron chi connectivity index (χ0n) is 15.0. The second-order valence-electron chi connectivity index (χ2n) is 6.08. The molecule has 0 saturated heterocycles. The van der Waals surface area contributed by atoms with Crippen LogP contribution in [0.3, 0.4) is 0 Å². The molecule has 0 aliphatic rings. The van der Waals surface area contributed by atoms with E-state index in [0.717, 1.165) is 20.8 Å². The average Bonchev–Trinajstić information content (AvgIpc) is 3.16. The summed E-state index contributed by atoms with van der Waals surface area (Å²) in [4.78, 5) is 17.3. The van der Waals surface area contributed by atoms with E-state index >= 15 is 0 Å². The molecule has 0 spiro atoms. The van der Waals surface area contributed by atoms with Gasteiger partial charge in [0.15, 0.2) is 11.6 Å². The van der Waals surface area contributed by atoms with E-state index in [1.807, 2.05) is 36.4 Å². The molecule has 28 heavy (non-hydrogen) atoms. The normalized spacial score (nSPS) is 10.8. The summed E-state index contributed by atoms with van der Waals surface area (Å²) < 4.78 is 25.2. The second-order valence-corrected chi connectivity index (χ2v) is 7.11. The lowest BCUT2D eigenvalue weighted by molar-refractivity contribution is 0.0473. The number of carbonyl (C=O) groups is 1. The molecular weight excluding hydrogens is 377 g/mol. The highest BCUT2D eigenvalue weighted by Gasteiger charge is 2.17. The first-order valence-corrected chi connectivity index (χ1v) is 9.42. The molecule has 4 rings (SSSR count). The molecule has 140 valence electrons. The summed E-state index contributed by atoms with van der Waals surface area (Å²) in [5.74, 6) is -0.826. The number of nitrogens with zero attached hydrogens (tertiary/aromatic N) is 1. The maximum absolute atomic E-state index is 13.8. The number of halogens is 1. The Kier molecular flexibility index (Phi) is 5.04. The summed E-state index contributed by atoms with van der Waals surface area (Å²) in [6.07, 6.45) is 0. The molecule has 0 amide bonds. The van der Waals surface area contributed by atoms with Crippen LogP contribution >= 0.6 is 11.3 Å². The fourth-order valence-electron chi connectivity index (χ4n) is 2.86. The van der Waals surface area contributed by atoms with Gasteiger partial charge in [-0.25, -0.2) is 14.2 Å². The Labute approximate surface area is 165 Å². The smallest absolute Gasteiger partial charge is 0.339 e. The molecule has 0 saturated carbocycles. The molecule has 0 bridgehead atoms. The largest absolute Gasteiger partial charge is 0.494 e. The van der Waals surface area contributed by atoms with Gasteiger partial charge >= 0.3 is 5.97 Å². The predicted octanol–water partition coefficient (Wildman–Crippen LogP) is 5.47. The SMILES string of the molecule is COc1ccc(COC(=O)c2ccccc2-c2nc3ccccc3s2)cc1F. The predicted molar refractivity (Wildman–Crippen MR) is 107 cm³/mol. The summed E-state index contributed by atoms with van der Waals surface area (Å²) in [5.41, 5.74) is 2.58. The monoisotopic (exact) mass is 393 g/mol. The number of para-hydroxylation sites is 1. The maximum Gasteiger partial charge on any atom is 0.339 e. The van der Waals surface area contributed by atoms with Crippen LogP contribution in [0.5, 0.6) is 5.75 Å². The molecule has 1 aromatic heterocycles. The lowest BCUT2D eigenvalue weighted by atomic mass is 10.1. The van der Waals surface area contributed by atoms with Crippen molar-refractivity contribution in [3.8, 4) is 16.3 Å². The van der Waals surface area contributed by atoms with Crippen molar-refractivity contribution in [3.63, 3.8) is 0 Å². The molecule has 0 N–H and O–H groups in total. The van der Waals surface area contributed by atoms with Gasteiger partial charge in [-0.15, -0.1) is 11.3 Å². The molecule has 1 heterocycles. The van der Waals surface area contributed by atoms with E-state index in [-0.39, 0.29) is 12.4 Å². The van der Waals surface area contributed by atoms with Gasteiger partial charge in [-0.2, -0.15) is 0 Å². The van der Waals surface area contributed by atoms with E-state index in [4.69, 9.17) is 9.47 Å². The van der Waals surface area contributed by atoms with Crippen LogP contribution in [-0.4, -0.2) is 18.1 Å². The number of methoxy groups -OCH3 is 1. The average molecular weight is 393 g/mol. The maximum atomic E-state index is 13.8. The van der Waals surface area contributed by atoms with E-state index in [1.165, 1.54) is 30.6 Å². The summed E-state index contributed by atoms with van der Waals surface area (Å²) in [6, 6.07) is 19.5. The fourth-order valence-corrected chi connectivity index (χ4v) is 3.87. The van der Waals surface area contributed by atoms with Crippen molar-refractivity contribution >= 4 is 27.5 Å². The van der Waals surface area contributed by atoms with Crippen molar-refractivity contribution in [2.24, 2.45) is 0 Å². The van der Waals surface area contributed by atoms with Crippen molar-refractivity contribution in [2.75, 3.05) is 7.11 Å². The molecule has 0 aliphatic heterocycles. The molecule has 4 aromatic rings. The Balaban J connectivity index is 1.57. The van der Waals surface area contributed by atoms with E-state index in [0.29, 0.717) is 11.1 Å². The molecule has 0 aliphatic carbocycles. The molecule has 3 aromatic carbocycles. The Bertz CT molecular complexity index is 1120. The molecule has 0 fully saturated rings. The zero-order valence-corrected chi connectivity index (χ0v) is 15.8. The first-order chi connectivity index (χ1) is 13.7. The van der Waals surface area contributed by atoms with Gasteiger partial charge in [0.2, 0.25) is 0 Å². The van der Waals surface area contributed by atoms with Crippen molar-refractivity contribution in [1.29, 1.82) is 0 Å². The topological polar surface area (TPSA) is 48.4 Å². The van der Waals surface area contributed by atoms with Crippen LogP contribution in [0.4, 0.5) is 4.39 Å². The van der Waals surface area contributed by atoms with Crippen LogP contribution in [0.1, 0.15) is 15.9 Å². The minimum Gasteiger partial charge on any atom is -0.494 e. The standard InChI is InChI=1S/C22H16FNO3S/c1-26-19-11-10-14(12-17(19)23)13-27-22(25)16-7-3-2-6-15(16)21-24-18-8-4-5-9-20(18)28-21/h2-12H,13H2,1H3. The van der Waals surface area contributed by atoms with Crippen LogP contribution in [0.25, 0.3) is 20.8 Å². The Hall–Kier alpha value is -3.25. The Morgan fingerprint density at radius 1 is 1.07 bits per heavy atom. The highest BCUT2D eigenvalue weighted by Crippen LogP contribution is 2.32. The molecule has 4 nitrogen and oxygen atoms in total. The number of fused-ring (bicyclic) bond motifs is 1. The van der Waals surface area contributed by atoms with Gasteiger partial charge in [-0.05, 0) is 35.9 Å². The van der Waals surface area contributed by atoms with Crippen LogP contribution < -0.4 is 4.74 Å². The fraction of sp³-hybridized carbons (Fsp3) is 0.0909. The third-order valence-electron chi connectivity index (χ3n) is 4.26. The summed E-state index contributed by atoms with van der Waals surface area (Å²) in [6.45, 7) is -0.0338. The van der Waals surface area contributed by atoms with E-state index < -0.39 is 11.8 Å². The van der Waals surface area contributed by atoms with Crippen molar-refractivity contribution in [3.05, 3.63) is 83.7 Å². The first kappa shape index (κ1) is 18.1. The number of esters is 1. The van der Waals surface area contributed by atoms with Gasteiger partial charge < -0.3 is 9.47 Å². The van der Waals surface area contributed by atoms with Gasteiger partial charge in [0.1, 0.15) is 11.6 Å². The minimum atomic E-state index is -0.495. The van der Waals surface area contributed by atoms with Gasteiger partial charge in [0.25, 0.3) is 0 Å². The lowest BCUT2D eigenvalue weighted by Gasteiger charge is -2.09. The van der Waals surface area contributed by atoms with E-state index in [1.54, 1.807) is 18.2 Å². The summed E-state index contributed by atoms with van der Waals surface area (Å²) >= 11 is 1.52. The first-order valence-electron chi connectivity index (χ1n) is 8.60. The third kappa shape index (κ3) is 3.59. The minimum absolute atomic E-state index is 0.0338. The number of aromatic nitrogens is 1. The van der Waals surface area contributed by atoms with Crippen molar-refractivity contribution < 1.29 is 18.7 Å².